The topological polar surface area (TPSA) is 68.3 Å². The van der Waals surface area contributed by atoms with Gasteiger partial charge in [-0.25, -0.2) is 5.84 Å². The summed E-state index contributed by atoms with van der Waals surface area (Å²) in [6, 6.07) is 4.72. The van der Waals surface area contributed by atoms with Crippen molar-refractivity contribution >= 4 is 40.1 Å². The number of halogens is 2. The minimum atomic E-state index is -0.515. The molecule has 0 fully saturated rings. The molecule has 0 unspecified atom stereocenters. The zero-order valence-electron chi connectivity index (χ0n) is 7.38. The maximum absolute atomic E-state index is 11.2. The Morgan fingerprint density at radius 1 is 1.33 bits per heavy atom. The second-order valence-electron chi connectivity index (χ2n) is 2.89. The summed E-state index contributed by atoms with van der Waals surface area (Å²) in [7, 11) is 0. The van der Waals surface area contributed by atoms with E-state index in [1.165, 1.54) is 6.07 Å². The van der Waals surface area contributed by atoms with Crippen LogP contribution in [0.2, 0.25) is 10.0 Å². The van der Waals surface area contributed by atoms with Crippen molar-refractivity contribution in [1.82, 2.24) is 5.43 Å². The Hall–Kier alpha value is -1.23. The van der Waals surface area contributed by atoms with Crippen molar-refractivity contribution in [2.75, 3.05) is 0 Å². The summed E-state index contributed by atoms with van der Waals surface area (Å²) in [6.45, 7) is 0. The number of hydrogen-bond donors (Lipinski definition) is 2. The van der Waals surface area contributed by atoms with E-state index in [1.54, 1.807) is 12.1 Å². The number of nitrogen functional groups attached to an aromatic ring is 1. The number of benzene rings is 1. The van der Waals surface area contributed by atoms with E-state index in [2.05, 4.69) is 0 Å². The Kier molecular flexibility index (Phi) is 2.56. The van der Waals surface area contributed by atoms with E-state index in [1.807, 2.05) is 5.43 Å². The first-order chi connectivity index (χ1) is 7.11. The number of nitrogens with one attached hydrogen (secondary N) is 1. The van der Waals surface area contributed by atoms with Crippen LogP contribution in [0.4, 0.5) is 0 Å². The highest BCUT2D eigenvalue weighted by Gasteiger charge is 2.13. The molecule has 0 aliphatic carbocycles. The second kappa shape index (κ2) is 3.73. The van der Waals surface area contributed by atoms with Gasteiger partial charge < -0.3 is 4.42 Å². The molecule has 0 saturated carbocycles. The standard InChI is InChI=1S/C9H6Cl2N2O2/c10-5-1-4-2-7(9(14)13-12)15-8(4)6(11)3-5/h1-3H,12H2,(H,13,14). The highest BCUT2D eigenvalue weighted by molar-refractivity contribution is 6.38. The van der Waals surface area contributed by atoms with E-state index in [-0.39, 0.29) is 5.76 Å². The number of furan rings is 1. The molecule has 6 heteroatoms. The molecule has 0 aliphatic rings. The normalized spacial score (nSPS) is 10.6. The van der Waals surface area contributed by atoms with Crippen molar-refractivity contribution < 1.29 is 9.21 Å². The van der Waals surface area contributed by atoms with Gasteiger partial charge >= 0.3 is 5.91 Å². The van der Waals surface area contributed by atoms with Crippen LogP contribution in [0, 0.1) is 0 Å². The fraction of sp³-hybridized carbons (Fsp3) is 0. The van der Waals surface area contributed by atoms with Gasteiger partial charge in [0.15, 0.2) is 11.3 Å². The van der Waals surface area contributed by atoms with E-state index in [0.717, 1.165) is 0 Å². The number of amides is 1. The SMILES string of the molecule is NNC(=O)c1cc2cc(Cl)cc(Cl)c2o1. The van der Waals surface area contributed by atoms with Gasteiger partial charge in [0.2, 0.25) is 0 Å². The Bertz CT molecular complexity index is 536. The molecule has 15 heavy (non-hydrogen) atoms. The van der Waals surface area contributed by atoms with Crippen LogP contribution in [0.5, 0.6) is 0 Å². The maximum Gasteiger partial charge on any atom is 0.300 e. The van der Waals surface area contributed by atoms with Crippen LogP contribution in [0.3, 0.4) is 0 Å². The molecule has 4 nitrogen and oxygen atoms in total. The van der Waals surface area contributed by atoms with Gasteiger partial charge in [-0.1, -0.05) is 23.2 Å². The van der Waals surface area contributed by atoms with Crippen molar-refractivity contribution in [2.24, 2.45) is 5.84 Å². The zero-order chi connectivity index (χ0) is 11.0. The van der Waals surface area contributed by atoms with Gasteiger partial charge in [-0.05, 0) is 18.2 Å². The Morgan fingerprint density at radius 2 is 2.07 bits per heavy atom. The molecule has 2 aromatic rings. The molecule has 0 atom stereocenters. The second-order valence-corrected chi connectivity index (χ2v) is 3.73. The lowest BCUT2D eigenvalue weighted by atomic mass is 10.2. The number of nitrogens with two attached hydrogens (primary N) is 1. The van der Waals surface area contributed by atoms with Crippen molar-refractivity contribution in [3.63, 3.8) is 0 Å². The summed E-state index contributed by atoms with van der Waals surface area (Å²) < 4.78 is 5.22. The number of hydrazine groups is 1. The third-order valence-electron chi connectivity index (χ3n) is 1.89. The summed E-state index contributed by atoms with van der Waals surface area (Å²) in [5, 5.41) is 1.49. The van der Waals surface area contributed by atoms with E-state index in [4.69, 9.17) is 33.5 Å². The molecule has 1 aromatic carbocycles. The fourth-order valence-electron chi connectivity index (χ4n) is 1.26. The van der Waals surface area contributed by atoms with Crippen LogP contribution in [0.25, 0.3) is 11.0 Å². The van der Waals surface area contributed by atoms with Crippen molar-refractivity contribution in [3.05, 3.63) is 34.0 Å². The first kappa shape index (κ1) is 10.3. The molecular weight excluding hydrogens is 239 g/mol. The molecule has 0 saturated heterocycles. The zero-order valence-corrected chi connectivity index (χ0v) is 8.89. The average molecular weight is 245 g/mol. The van der Waals surface area contributed by atoms with E-state index >= 15 is 0 Å². The first-order valence-electron chi connectivity index (χ1n) is 4.01. The quantitative estimate of drug-likeness (QED) is 0.460. The Morgan fingerprint density at radius 3 is 2.73 bits per heavy atom. The Labute approximate surface area is 94.9 Å². The Balaban J connectivity index is 2.65. The van der Waals surface area contributed by atoms with E-state index < -0.39 is 5.91 Å². The van der Waals surface area contributed by atoms with Gasteiger partial charge in [0, 0.05) is 10.4 Å². The van der Waals surface area contributed by atoms with Gasteiger partial charge in [-0.2, -0.15) is 0 Å². The smallest absolute Gasteiger partial charge is 0.300 e. The van der Waals surface area contributed by atoms with E-state index in [9.17, 15) is 4.79 Å². The van der Waals surface area contributed by atoms with Crippen molar-refractivity contribution in [3.8, 4) is 0 Å². The lowest BCUT2D eigenvalue weighted by Gasteiger charge is -1.93. The number of rotatable bonds is 1. The molecule has 2 rings (SSSR count). The molecule has 0 aliphatic heterocycles. The van der Waals surface area contributed by atoms with Crippen molar-refractivity contribution in [2.45, 2.75) is 0 Å². The average Bonchev–Trinajstić information content (AvgIpc) is 2.60. The van der Waals surface area contributed by atoms with Crippen LogP contribution in [-0.2, 0) is 0 Å². The molecule has 0 bridgehead atoms. The fourth-order valence-corrected chi connectivity index (χ4v) is 1.81. The first-order valence-corrected chi connectivity index (χ1v) is 4.77. The van der Waals surface area contributed by atoms with Gasteiger partial charge in [-0.15, -0.1) is 0 Å². The molecule has 3 N–H and O–H groups in total. The van der Waals surface area contributed by atoms with E-state index in [0.29, 0.717) is 21.0 Å². The molecule has 78 valence electrons. The lowest BCUT2D eigenvalue weighted by Crippen LogP contribution is -2.29. The monoisotopic (exact) mass is 244 g/mol. The number of carbonyl (C=O) groups is 1. The van der Waals surface area contributed by atoms with Gasteiger partial charge in [0.1, 0.15) is 0 Å². The van der Waals surface area contributed by atoms with Crippen LogP contribution in [0.1, 0.15) is 10.6 Å². The number of carbonyl (C=O) groups excluding carboxylic acids is 1. The van der Waals surface area contributed by atoms with Gasteiger partial charge in [-0.3, -0.25) is 10.2 Å². The highest BCUT2D eigenvalue weighted by Crippen LogP contribution is 2.30. The third kappa shape index (κ3) is 1.79. The van der Waals surface area contributed by atoms with Crippen LogP contribution >= 0.6 is 23.2 Å². The molecule has 1 amide bonds. The van der Waals surface area contributed by atoms with Gasteiger partial charge in [0.05, 0.1) is 5.02 Å². The largest absolute Gasteiger partial charge is 0.449 e. The predicted molar refractivity (Wildman–Crippen MR) is 57.9 cm³/mol. The minimum absolute atomic E-state index is 0.0941. The third-order valence-corrected chi connectivity index (χ3v) is 2.39. The highest BCUT2D eigenvalue weighted by atomic mass is 35.5. The van der Waals surface area contributed by atoms with Crippen LogP contribution in [-0.4, -0.2) is 5.91 Å². The van der Waals surface area contributed by atoms with Crippen molar-refractivity contribution in [1.29, 1.82) is 0 Å². The summed E-state index contributed by atoms with van der Waals surface area (Å²) in [4.78, 5) is 11.2. The molecule has 0 spiro atoms. The molecule has 1 heterocycles. The van der Waals surface area contributed by atoms with Crippen LogP contribution < -0.4 is 11.3 Å². The number of hydrogen-bond acceptors (Lipinski definition) is 3. The molecule has 0 radical (unpaired) electrons. The molecule has 1 aromatic heterocycles. The summed E-state index contributed by atoms with van der Waals surface area (Å²) in [5.74, 6) is 4.55. The lowest BCUT2D eigenvalue weighted by molar-refractivity contribution is 0.0928. The summed E-state index contributed by atoms with van der Waals surface area (Å²) in [5.41, 5.74) is 2.38. The summed E-state index contributed by atoms with van der Waals surface area (Å²) >= 11 is 11.7. The maximum atomic E-state index is 11.2. The number of fused-ring (bicyclic) bond motifs is 1. The predicted octanol–water partition coefficient (Wildman–Crippen LogP) is 2.34. The van der Waals surface area contributed by atoms with Crippen LogP contribution in [0.15, 0.2) is 22.6 Å². The van der Waals surface area contributed by atoms with Gasteiger partial charge in [0.25, 0.3) is 0 Å². The summed E-state index contributed by atoms with van der Waals surface area (Å²) in [6.07, 6.45) is 0. The minimum Gasteiger partial charge on any atom is -0.449 e. The molecular formula is C9H6Cl2N2O2.